The van der Waals surface area contributed by atoms with Crippen LogP contribution in [0.4, 0.5) is 0 Å². The Kier molecular flexibility index (Phi) is 4.68. The fourth-order valence-electron chi connectivity index (χ4n) is 3.64. The Morgan fingerprint density at radius 1 is 1.20 bits per heavy atom. The molecular weight excluding hydrogens is 256 g/mol. The highest BCUT2D eigenvalue weighted by atomic mass is 16.4. The van der Waals surface area contributed by atoms with Crippen molar-refractivity contribution >= 4 is 11.9 Å². The number of carbonyl (C=O) groups excluding carboxylic acids is 1. The Morgan fingerprint density at radius 2 is 1.90 bits per heavy atom. The largest absolute Gasteiger partial charge is 0.481 e. The van der Waals surface area contributed by atoms with Crippen molar-refractivity contribution in [2.75, 3.05) is 13.1 Å². The van der Waals surface area contributed by atoms with E-state index in [9.17, 15) is 9.59 Å². The van der Waals surface area contributed by atoms with Crippen molar-refractivity contribution in [3.05, 3.63) is 0 Å². The van der Waals surface area contributed by atoms with Crippen molar-refractivity contribution < 1.29 is 14.7 Å². The molecule has 1 unspecified atom stereocenters. The predicted octanol–water partition coefficient (Wildman–Crippen LogP) is 1.67. The molecule has 0 bridgehead atoms. The molecule has 3 N–H and O–H groups in total. The second-order valence-corrected chi connectivity index (χ2v) is 6.43. The minimum Gasteiger partial charge on any atom is -0.481 e. The molecule has 1 amide bonds. The number of carbonyl (C=O) groups is 2. The third-order valence-corrected chi connectivity index (χ3v) is 5.08. The first-order valence-electron chi connectivity index (χ1n) is 7.77. The standard InChI is InChI=1S/C15H26N2O3/c1-2-14(8-9-16-11-14)13(20)17-15(10-12(18)19)6-4-3-5-7-15/h16H,2-11H2,1H3,(H,17,20)(H,18,19). The van der Waals surface area contributed by atoms with Gasteiger partial charge in [0, 0.05) is 6.54 Å². The first-order chi connectivity index (χ1) is 9.52. The number of amides is 1. The van der Waals surface area contributed by atoms with Crippen LogP contribution in [0.25, 0.3) is 0 Å². The van der Waals surface area contributed by atoms with Crippen LogP contribution in [0.5, 0.6) is 0 Å². The van der Waals surface area contributed by atoms with E-state index in [-0.39, 0.29) is 17.7 Å². The Bertz CT molecular complexity index is 369. The van der Waals surface area contributed by atoms with Gasteiger partial charge in [-0.25, -0.2) is 0 Å². The lowest BCUT2D eigenvalue weighted by molar-refractivity contribution is -0.140. The Labute approximate surface area is 120 Å². The average molecular weight is 282 g/mol. The van der Waals surface area contributed by atoms with Crippen LogP contribution < -0.4 is 10.6 Å². The van der Waals surface area contributed by atoms with Gasteiger partial charge in [0.15, 0.2) is 0 Å². The number of aliphatic carboxylic acids is 1. The van der Waals surface area contributed by atoms with Crippen molar-refractivity contribution in [1.82, 2.24) is 10.6 Å². The van der Waals surface area contributed by atoms with Gasteiger partial charge >= 0.3 is 5.97 Å². The summed E-state index contributed by atoms with van der Waals surface area (Å²) in [6.45, 7) is 3.61. The van der Waals surface area contributed by atoms with Crippen LogP contribution in [0.2, 0.25) is 0 Å². The number of carboxylic acid groups (broad SMARTS) is 1. The molecule has 2 rings (SSSR count). The highest BCUT2D eigenvalue weighted by Crippen LogP contribution is 2.35. The predicted molar refractivity (Wildman–Crippen MR) is 76.4 cm³/mol. The number of carboxylic acids is 1. The summed E-state index contributed by atoms with van der Waals surface area (Å²) in [6, 6.07) is 0. The Hall–Kier alpha value is -1.10. The van der Waals surface area contributed by atoms with Crippen LogP contribution >= 0.6 is 0 Å². The quantitative estimate of drug-likeness (QED) is 0.717. The second kappa shape index (κ2) is 6.12. The van der Waals surface area contributed by atoms with E-state index in [0.29, 0.717) is 6.54 Å². The van der Waals surface area contributed by atoms with E-state index < -0.39 is 11.5 Å². The van der Waals surface area contributed by atoms with E-state index in [1.807, 2.05) is 6.92 Å². The van der Waals surface area contributed by atoms with Gasteiger partial charge in [-0.2, -0.15) is 0 Å². The van der Waals surface area contributed by atoms with E-state index in [4.69, 9.17) is 5.11 Å². The van der Waals surface area contributed by atoms with Crippen LogP contribution in [0.3, 0.4) is 0 Å². The van der Waals surface area contributed by atoms with Crippen LogP contribution in [0.15, 0.2) is 0 Å². The van der Waals surface area contributed by atoms with Gasteiger partial charge in [0.05, 0.1) is 17.4 Å². The molecule has 20 heavy (non-hydrogen) atoms. The van der Waals surface area contributed by atoms with Crippen molar-refractivity contribution in [3.8, 4) is 0 Å². The molecule has 5 nitrogen and oxygen atoms in total. The zero-order chi connectivity index (χ0) is 14.6. The number of hydrogen-bond acceptors (Lipinski definition) is 3. The van der Waals surface area contributed by atoms with E-state index >= 15 is 0 Å². The summed E-state index contributed by atoms with van der Waals surface area (Å²) in [7, 11) is 0. The molecule has 0 aromatic carbocycles. The molecule has 2 aliphatic rings. The summed E-state index contributed by atoms with van der Waals surface area (Å²) >= 11 is 0. The zero-order valence-corrected chi connectivity index (χ0v) is 12.3. The Morgan fingerprint density at radius 3 is 2.40 bits per heavy atom. The molecule has 0 aromatic rings. The molecule has 1 aliphatic carbocycles. The van der Waals surface area contributed by atoms with Crippen LogP contribution in [0, 0.1) is 5.41 Å². The fourth-order valence-corrected chi connectivity index (χ4v) is 3.64. The van der Waals surface area contributed by atoms with Gasteiger partial charge in [-0.15, -0.1) is 0 Å². The van der Waals surface area contributed by atoms with Crippen molar-refractivity contribution in [2.24, 2.45) is 5.41 Å². The summed E-state index contributed by atoms with van der Waals surface area (Å²) in [5.74, 6) is -0.768. The molecule has 0 radical (unpaired) electrons. The summed E-state index contributed by atoms with van der Waals surface area (Å²) in [4.78, 5) is 23.9. The number of rotatable bonds is 5. The van der Waals surface area contributed by atoms with Gasteiger partial charge in [-0.3, -0.25) is 9.59 Å². The summed E-state index contributed by atoms with van der Waals surface area (Å²) in [6.07, 6.45) is 6.42. The third kappa shape index (κ3) is 3.14. The summed E-state index contributed by atoms with van der Waals surface area (Å²) in [5.41, 5.74) is -0.866. The highest BCUT2D eigenvalue weighted by molar-refractivity contribution is 5.84. The van der Waals surface area contributed by atoms with E-state index in [0.717, 1.165) is 51.5 Å². The molecule has 0 aromatic heterocycles. The van der Waals surface area contributed by atoms with E-state index in [1.165, 1.54) is 0 Å². The van der Waals surface area contributed by atoms with Gasteiger partial charge in [0.2, 0.25) is 5.91 Å². The van der Waals surface area contributed by atoms with E-state index in [2.05, 4.69) is 10.6 Å². The molecule has 1 atom stereocenters. The normalized spacial score (nSPS) is 29.1. The summed E-state index contributed by atoms with van der Waals surface area (Å²) < 4.78 is 0. The van der Waals surface area contributed by atoms with Crippen molar-refractivity contribution in [2.45, 2.75) is 63.8 Å². The van der Waals surface area contributed by atoms with Gasteiger partial charge in [0.25, 0.3) is 0 Å². The molecule has 0 spiro atoms. The van der Waals surface area contributed by atoms with Gasteiger partial charge in [0.1, 0.15) is 0 Å². The molecule has 114 valence electrons. The number of nitrogens with one attached hydrogen (secondary N) is 2. The first kappa shape index (κ1) is 15.3. The minimum atomic E-state index is -0.817. The van der Waals surface area contributed by atoms with E-state index in [1.54, 1.807) is 0 Å². The lowest BCUT2D eigenvalue weighted by Gasteiger charge is -2.40. The fraction of sp³-hybridized carbons (Fsp3) is 0.867. The lowest BCUT2D eigenvalue weighted by atomic mass is 9.76. The van der Waals surface area contributed by atoms with Crippen LogP contribution in [-0.2, 0) is 9.59 Å². The van der Waals surface area contributed by atoms with Crippen LogP contribution in [-0.4, -0.2) is 35.6 Å². The maximum atomic E-state index is 12.7. The molecule has 1 aliphatic heterocycles. The molecule has 5 heteroatoms. The topological polar surface area (TPSA) is 78.4 Å². The first-order valence-corrected chi connectivity index (χ1v) is 7.77. The average Bonchev–Trinajstić information content (AvgIpc) is 2.88. The smallest absolute Gasteiger partial charge is 0.305 e. The number of hydrogen-bond donors (Lipinski definition) is 3. The lowest BCUT2D eigenvalue weighted by Crippen LogP contribution is -2.56. The maximum Gasteiger partial charge on any atom is 0.305 e. The molecular formula is C15H26N2O3. The maximum absolute atomic E-state index is 12.7. The SMILES string of the molecule is CCC1(C(=O)NC2(CC(=O)O)CCCCC2)CCNC1. The highest BCUT2D eigenvalue weighted by Gasteiger charge is 2.44. The Balaban J connectivity index is 2.10. The minimum absolute atomic E-state index is 0.0476. The molecule has 2 fully saturated rings. The van der Waals surface area contributed by atoms with Gasteiger partial charge in [-0.05, 0) is 32.2 Å². The van der Waals surface area contributed by atoms with Crippen molar-refractivity contribution in [3.63, 3.8) is 0 Å². The van der Waals surface area contributed by atoms with Crippen molar-refractivity contribution in [1.29, 1.82) is 0 Å². The second-order valence-electron chi connectivity index (χ2n) is 6.43. The molecule has 1 saturated carbocycles. The van der Waals surface area contributed by atoms with Gasteiger partial charge in [-0.1, -0.05) is 26.2 Å². The summed E-state index contributed by atoms with van der Waals surface area (Å²) in [5, 5.41) is 15.6. The van der Waals surface area contributed by atoms with Gasteiger partial charge < -0.3 is 15.7 Å². The van der Waals surface area contributed by atoms with Crippen LogP contribution in [0.1, 0.15) is 58.3 Å². The third-order valence-electron chi connectivity index (χ3n) is 5.08. The molecule has 1 heterocycles. The molecule has 1 saturated heterocycles. The monoisotopic (exact) mass is 282 g/mol. The zero-order valence-electron chi connectivity index (χ0n) is 12.3.